The quantitative estimate of drug-likeness (QED) is 0.920. The van der Waals surface area contributed by atoms with Gasteiger partial charge in [0.2, 0.25) is 0 Å². The lowest BCUT2D eigenvalue weighted by Gasteiger charge is -2.45. The van der Waals surface area contributed by atoms with Crippen LogP contribution in [-0.4, -0.2) is 66.4 Å². The van der Waals surface area contributed by atoms with Gasteiger partial charge in [-0.1, -0.05) is 11.6 Å². The summed E-state index contributed by atoms with van der Waals surface area (Å²) >= 11 is 6.07. The van der Waals surface area contributed by atoms with Crippen molar-refractivity contribution in [1.82, 2.24) is 9.80 Å². The van der Waals surface area contributed by atoms with Crippen LogP contribution >= 0.6 is 11.6 Å². The largest absolute Gasteiger partial charge is 0.489 e. The first-order valence-electron chi connectivity index (χ1n) is 8.43. The zero-order valence-electron chi connectivity index (χ0n) is 13.2. The van der Waals surface area contributed by atoms with Gasteiger partial charge < -0.3 is 9.84 Å². The van der Waals surface area contributed by atoms with Crippen LogP contribution in [0.1, 0.15) is 18.4 Å². The van der Waals surface area contributed by atoms with E-state index in [1.54, 1.807) is 0 Å². The Morgan fingerprint density at radius 1 is 1.22 bits per heavy atom. The Hall–Kier alpha value is -1.07. The minimum Gasteiger partial charge on any atom is -0.489 e. The number of fused-ring (bicyclic) bond motifs is 1. The molecule has 3 heterocycles. The Morgan fingerprint density at radius 3 is 2.74 bits per heavy atom. The molecule has 0 aromatic heterocycles. The van der Waals surface area contributed by atoms with Gasteiger partial charge in [-0.25, -0.2) is 0 Å². The fraction of sp³-hybridized carbons (Fsp3) is 0.556. The molecular formula is C18H23ClN2O2. The van der Waals surface area contributed by atoms with Crippen LogP contribution in [0.15, 0.2) is 23.8 Å². The molecule has 1 N–H and O–H groups in total. The van der Waals surface area contributed by atoms with Crippen molar-refractivity contribution in [2.75, 3.05) is 39.3 Å². The molecule has 0 unspecified atom stereocenters. The van der Waals surface area contributed by atoms with E-state index in [1.807, 2.05) is 18.2 Å². The van der Waals surface area contributed by atoms with E-state index in [1.165, 1.54) is 18.4 Å². The third-order valence-electron chi connectivity index (χ3n) is 5.14. The molecule has 2 fully saturated rings. The molecule has 124 valence electrons. The number of aliphatic hydroxyl groups excluding tert-OH is 1. The van der Waals surface area contributed by atoms with Crippen molar-refractivity contribution >= 4 is 17.7 Å². The molecule has 3 aliphatic heterocycles. The Bertz CT molecular complexity index is 605. The first-order valence-corrected chi connectivity index (χ1v) is 8.81. The van der Waals surface area contributed by atoms with Crippen molar-refractivity contribution in [1.29, 1.82) is 0 Å². The summed E-state index contributed by atoms with van der Waals surface area (Å²) in [6, 6.07) is 6.44. The van der Waals surface area contributed by atoms with Gasteiger partial charge in [0.05, 0.1) is 6.10 Å². The van der Waals surface area contributed by atoms with Crippen LogP contribution in [0.4, 0.5) is 0 Å². The van der Waals surface area contributed by atoms with Crippen molar-refractivity contribution in [3.05, 3.63) is 34.4 Å². The number of likely N-dealkylation sites (tertiary alicyclic amines) is 2. The number of hydrogen-bond donors (Lipinski definition) is 1. The summed E-state index contributed by atoms with van der Waals surface area (Å²) in [5.41, 5.74) is 2.40. The number of benzene rings is 1. The molecule has 5 heteroatoms. The van der Waals surface area contributed by atoms with Crippen LogP contribution in [0.25, 0.3) is 6.08 Å². The maximum Gasteiger partial charge on any atom is 0.127 e. The van der Waals surface area contributed by atoms with E-state index in [9.17, 15) is 5.11 Å². The summed E-state index contributed by atoms with van der Waals surface area (Å²) in [5, 5.41) is 10.2. The van der Waals surface area contributed by atoms with E-state index < -0.39 is 0 Å². The molecule has 0 bridgehead atoms. The SMILES string of the molecule is OC1CN(C2CCN(CC3=Cc4cc(Cl)ccc4OC3)CC2)C1. The summed E-state index contributed by atoms with van der Waals surface area (Å²) in [6.45, 7) is 5.62. The summed E-state index contributed by atoms with van der Waals surface area (Å²) < 4.78 is 5.84. The lowest BCUT2D eigenvalue weighted by atomic mass is 9.98. The number of nitrogens with zero attached hydrogens (tertiary/aromatic N) is 2. The molecule has 4 rings (SSSR count). The Kier molecular flexibility index (Phi) is 4.33. The van der Waals surface area contributed by atoms with Crippen LogP contribution < -0.4 is 4.74 Å². The lowest BCUT2D eigenvalue weighted by Crippen LogP contribution is -2.57. The summed E-state index contributed by atoms with van der Waals surface area (Å²) in [7, 11) is 0. The lowest BCUT2D eigenvalue weighted by molar-refractivity contribution is -0.0391. The van der Waals surface area contributed by atoms with Crippen LogP contribution in [0.5, 0.6) is 5.75 Å². The molecule has 3 aliphatic rings. The molecule has 0 spiro atoms. The standard InChI is InChI=1S/C18H23ClN2O2/c19-15-1-2-18-14(8-15)7-13(12-23-18)9-20-5-3-16(4-6-20)21-10-17(22)11-21/h1-2,7-8,16-17,22H,3-6,9-12H2. The van der Waals surface area contributed by atoms with Crippen molar-refractivity contribution < 1.29 is 9.84 Å². The van der Waals surface area contributed by atoms with Gasteiger partial charge in [0, 0.05) is 36.3 Å². The highest BCUT2D eigenvalue weighted by Gasteiger charge is 2.33. The second-order valence-electron chi connectivity index (χ2n) is 6.89. The smallest absolute Gasteiger partial charge is 0.127 e. The van der Waals surface area contributed by atoms with E-state index in [4.69, 9.17) is 16.3 Å². The van der Waals surface area contributed by atoms with Gasteiger partial charge in [-0.3, -0.25) is 9.80 Å². The number of hydrogen-bond acceptors (Lipinski definition) is 4. The van der Waals surface area contributed by atoms with E-state index in [0.29, 0.717) is 12.6 Å². The predicted molar refractivity (Wildman–Crippen MR) is 92.0 cm³/mol. The Labute approximate surface area is 142 Å². The van der Waals surface area contributed by atoms with Gasteiger partial charge in [0.1, 0.15) is 12.4 Å². The Morgan fingerprint density at radius 2 is 2.00 bits per heavy atom. The Balaban J connectivity index is 1.33. The van der Waals surface area contributed by atoms with Gasteiger partial charge in [0.25, 0.3) is 0 Å². The van der Waals surface area contributed by atoms with Gasteiger partial charge in [-0.05, 0) is 55.8 Å². The third-order valence-corrected chi connectivity index (χ3v) is 5.37. The monoisotopic (exact) mass is 334 g/mol. The normalized spacial score (nSPS) is 23.8. The fourth-order valence-electron chi connectivity index (χ4n) is 3.80. The van der Waals surface area contributed by atoms with Crippen molar-refractivity contribution in [2.45, 2.75) is 25.0 Å². The molecule has 1 aromatic rings. The number of halogens is 1. The van der Waals surface area contributed by atoms with Gasteiger partial charge in [-0.2, -0.15) is 0 Å². The average molecular weight is 335 g/mol. The van der Waals surface area contributed by atoms with Gasteiger partial charge in [-0.15, -0.1) is 0 Å². The van der Waals surface area contributed by atoms with Crippen molar-refractivity contribution in [2.24, 2.45) is 0 Å². The molecule has 4 nitrogen and oxygen atoms in total. The number of ether oxygens (including phenoxy) is 1. The fourth-order valence-corrected chi connectivity index (χ4v) is 3.98. The zero-order valence-corrected chi connectivity index (χ0v) is 14.0. The van der Waals surface area contributed by atoms with E-state index in [2.05, 4.69) is 15.9 Å². The molecule has 0 aliphatic carbocycles. The average Bonchev–Trinajstić information content (AvgIpc) is 2.52. The number of rotatable bonds is 3. The van der Waals surface area contributed by atoms with Crippen molar-refractivity contribution in [3.8, 4) is 5.75 Å². The third kappa shape index (κ3) is 3.41. The number of aliphatic hydroxyl groups is 1. The van der Waals surface area contributed by atoms with E-state index in [0.717, 1.165) is 49.1 Å². The van der Waals surface area contributed by atoms with E-state index >= 15 is 0 Å². The maximum absolute atomic E-state index is 9.43. The topological polar surface area (TPSA) is 35.9 Å². The summed E-state index contributed by atoms with van der Waals surface area (Å²) in [6.07, 6.45) is 4.53. The summed E-state index contributed by atoms with van der Waals surface area (Å²) in [4.78, 5) is 4.93. The molecule has 0 saturated carbocycles. The van der Waals surface area contributed by atoms with Gasteiger partial charge >= 0.3 is 0 Å². The molecule has 1 aromatic carbocycles. The summed E-state index contributed by atoms with van der Waals surface area (Å²) in [5.74, 6) is 0.924. The minimum atomic E-state index is -0.0931. The molecule has 23 heavy (non-hydrogen) atoms. The highest BCUT2D eigenvalue weighted by Crippen LogP contribution is 2.30. The molecule has 2 saturated heterocycles. The van der Waals surface area contributed by atoms with Crippen molar-refractivity contribution in [3.63, 3.8) is 0 Å². The molecule has 0 amide bonds. The van der Waals surface area contributed by atoms with Crippen LogP contribution in [0.3, 0.4) is 0 Å². The minimum absolute atomic E-state index is 0.0931. The maximum atomic E-state index is 9.43. The first-order chi connectivity index (χ1) is 11.2. The van der Waals surface area contributed by atoms with Crippen LogP contribution in [-0.2, 0) is 0 Å². The van der Waals surface area contributed by atoms with Gasteiger partial charge in [0.15, 0.2) is 0 Å². The molecule has 0 atom stereocenters. The van der Waals surface area contributed by atoms with Crippen LogP contribution in [0.2, 0.25) is 5.02 Å². The molecular weight excluding hydrogens is 312 g/mol. The highest BCUT2D eigenvalue weighted by molar-refractivity contribution is 6.30. The number of β-amino-alcohol motifs (C(OH)–C–C–N with tert-alkyl or cyclic N) is 1. The zero-order chi connectivity index (χ0) is 15.8. The van der Waals surface area contributed by atoms with Crippen LogP contribution in [0, 0.1) is 0 Å². The van der Waals surface area contributed by atoms with E-state index in [-0.39, 0.29) is 6.10 Å². The highest BCUT2D eigenvalue weighted by atomic mass is 35.5. The molecule has 0 radical (unpaired) electrons. The number of piperidine rings is 1. The first kappa shape index (κ1) is 15.5. The second kappa shape index (κ2) is 6.44. The second-order valence-corrected chi connectivity index (χ2v) is 7.32. The predicted octanol–water partition coefficient (Wildman–Crippen LogP) is 2.26.